The van der Waals surface area contributed by atoms with E-state index in [1.54, 1.807) is 0 Å². The number of carbonyl (C=O) groups is 2. The Hall–Kier alpha value is -2.55. The van der Waals surface area contributed by atoms with E-state index in [0.29, 0.717) is 12.8 Å². The average Bonchev–Trinajstić information content (AvgIpc) is 3.10. The minimum Gasteiger partial charge on any atom is -0.463 e. The number of hydrogen-bond acceptors (Lipinski definition) is 7. The van der Waals surface area contributed by atoms with Crippen molar-refractivity contribution >= 4 is 19.7 Å². The summed E-state index contributed by atoms with van der Waals surface area (Å²) in [5.41, 5.74) is 0. The fourth-order valence-electron chi connectivity index (χ4n) is 4.50. The average molecular weight is 722 g/mol. The van der Waals surface area contributed by atoms with Gasteiger partial charge in [0.15, 0.2) is 0 Å². The lowest BCUT2D eigenvalue weighted by Gasteiger charge is -2.15. The van der Waals surface area contributed by atoms with E-state index in [-0.39, 0.29) is 32.1 Å². The van der Waals surface area contributed by atoms with Crippen molar-refractivity contribution in [3.8, 4) is 0 Å². The number of esters is 1. The minimum atomic E-state index is -4.43. The lowest BCUT2D eigenvalue weighted by molar-refractivity contribution is -0.147. The van der Waals surface area contributed by atoms with Crippen LogP contribution in [0.4, 0.5) is 0 Å². The molecule has 10 heteroatoms. The van der Waals surface area contributed by atoms with E-state index < -0.39 is 26.5 Å². The van der Waals surface area contributed by atoms with Gasteiger partial charge in [-0.3, -0.25) is 18.6 Å². The van der Waals surface area contributed by atoms with Crippen LogP contribution in [0, 0.1) is 0 Å². The zero-order chi connectivity index (χ0) is 36.8. The summed E-state index contributed by atoms with van der Waals surface area (Å²) < 4.78 is 26.7. The van der Waals surface area contributed by atoms with Crippen LogP contribution < -0.4 is 5.32 Å². The Morgan fingerprint density at radius 2 is 1.14 bits per heavy atom. The molecule has 1 amide bonds. The van der Waals surface area contributed by atoms with Crippen LogP contribution in [-0.2, 0) is 27.9 Å². The maximum atomic E-state index is 12.0. The fourth-order valence-corrected chi connectivity index (χ4v) is 5.26. The second-order valence-corrected chi connectivity index (χ2v) is 13.6. The number of allylic oxidation sites excluding steroid dienone is 12. The highest BCUT2D eigenvalue weighted by Crippen LogP contribution is 2.42. The molecule has 0 bridgehead atoms. The Kier molecular flexibility index (Phi) is 34.4. The number of rotatable bonds is 34. The van der Waals surface area contributed by atoms with Gasteiger partial charge in [0.2, 0.25) is 5.91 Å². The maximum absolute atomic E-state index is 12.0. The van der Waals surface area contributed by atoms with E-state index in [0.717, 1.165) is 89.9 Å². The molecule has 9 nitrogen and oxygen atoms in total. The van der Waals surface area contributed by atoms with Crippen LogP contribution in [0.5, 0.6) is 0 Å². The number of phosphoric ester groups is 1. The number of amides is 1. The first-order valence-electron chi connectivity index (χ1n) is 18.9. The monoisotopic (exact) mass is 721 g/mol. The predicted octanol–water partition coefficient (Wildman–Crippen LogP) is 9.93. The van der Waals surface area contributed by atoms with E-state index >= 15 is 0 Å². The second kappa shape index (κ2) is 36.2. The van der Waals surface area contributed by atoms with Crippen molar-refractivity contribution in [1.29, 1.82) is 0 Å². The molecule has 0 heterocycles. The lowest BCUT2D eigenvalue weighted by atomic mass is 10.1. The number of hydrogen-bond donors (Lipinski definition) is 3. The molecule has 0 radical (unpaired) electrons. The summed E-state index contributed by atoms with van der Waals surface area (Å²) in [6.45, 7) is 3.29. The molecule has 0 aliphatic carbocycles. The third-order valence-electron chi connectivity index (χ3n) is 7.37. The van der Waals surface area contributed by atoms with Gasteiger partial charge in [-0.05, 0) is 77.0 Å². The van der Waals surface area contributed by atoms with E-state index in [2.05, 4.69) is 92.1 Å². The Morgan fingerprint density at radius 3 is 1.74 bits per heavy atom. The Balaban J connectivity index is 3.73. The summed E-state index contributed by atoms with van der Waals surface area (Å²) in [4.78, 5) is 33.7. The molecule has 0 aromatic carbocycles. The SMILES string of the molecule is CC/C=C\C/C=C\C/C=C\C/C=C\CCCCC(=O)NCCOP(=O)(O)OCC(O)COC(=O)CCCCCCC/C=C\C/C=C\CCCC. The first-order chi connectivity index (χ1) is 24.3. The van der Waals surface area contributed by atoms with E-state index in [9.17, 15) is 24.2 Å². The van der Waals surface area contributed by atoms with Gasteiger partial charge in [-0.1, -0.05) is 119 Å². The van der Waals surface area contributed by atoms with Gasteiger partial charge in [0.25, 0.3) is 0 Å². The zero-order valence-electron chi connectivity index (χ0n) is 31.1. The van der Waals surface area contributed by atoms with Crippen molar-refractivity contribution in [2.24, 2.45) is 0 Å². The molecule has 0 spiro atoms. The number of phosphoric acid groups is 1. The van der Waals surface area contributed by atoms with Crippen LogP contribution in [0.3, 0.4) is 0 Å². The van der Waals surface area contributed by atoms with E-state index in [1.807, 2.05) is 0 Å². The molecule has 0 fully saturated rings. The molecular weight excluding hydrogens is 653 g/mol. The van der Waals surface area contributed by atoms with Crippen molar-refractivity contribution in [3.63, 3.8) is 0 Å². The topological polar surface area (TPSA) is 131 Å². The summed E-state index contributed by atoms with van der Waals surface area (Å²) >= 11 is 0. The van der Waals surface area contributed by atoms with Crippen LogP contribution in [0.25, 0.3) is 0 Å². The normalized spacial score (nSPS) is 14.2. The third kappa shape index (κ3) is 36.7. The highest BCUT2D eigenvalue weighted by molar-refractivity contribution is 7.47. The first kappa shape index (κ1) is 47.4. The van der Waals surface area contributed by atoms with Gasteiger partial charge in [-0.15, -0.1) is 0 Å². The molecule has 0 saturated heterocycles. The Morgan fingerprint density at radius 1 is 0.640 bits per heavy atom. The predicted molar refractivity (Wildman–Crippen MR) is 206 cm³/mol. The number of ether oxygens (including phenoxy) is 1. The van der Waals surface area contributed by atoms with Crippen molar-refractivity contribution in [1.82, 2.24) is 5.32 Å². The minimum absolute atomic E-state index is 0.0535. The summed E-state index contributed by atoms with van der Waals surface area (Å²) in [7, 11) is -4.43. The molecule has 2 unspecified atom stereocenters. The van der Waals surface area contributed by atoms with Gasteiger partial charge in [0, 0.05) is 19.4 Å². The third-order valence-corrected chi connectivity index (χ3v) is 8.35. The van der Waals surface area contributed by atoms with Crippen LogP contribution in [0.15, 0.2) is 72.9 Å². The van der Waals surface area contributed by atoms with Crippen molar-refractivity contribution < 1.29 is 37.9 Å². The van der Waals surface area contributed by atoms with Crippen LogP contribution >= 0.6 is 7.82 Å². The highest BCUT2D eigenvalue weighted by Gasteiger charge is 2.23. The molecular formula is C40H68NO8P. The molecule has 2 atom stereocenters. The lowest BCUT2D eigenvalue weighted by Crippen LogP contribution is -2.27. The number of carbonyl (C=O) groups excluding carboxylic acids is 2. The van der Waals surface area contributed by atoms with Crippen molar-refractivity contribution in [3.05, 3.63) is 72.9 Å². The van der Waals surface area contributed by atoms with Gasteiger partial charge in [0.05, 0.1) is 13.2 Å². The molecule has 286 valence electrons. The smallest absolute Gasteiger partial charge is 0.463 e. The summed E-state index contributed by atoms with van der Waals surface area (Å²) in [5.74, 6) is -0.581. The van der Waals surface area contributed by atoms with Crippen LogP contribution in [-0.4, -0.2) is 54.3 Å². The standard InChI is InChI=1S/C40H68NO8P/c1-3-5-7-9-11-13-15-17-19-20-22-24-26-28-30-32-39(43)41-34-35-48-50(45,46)49-37-38(42)36-47-40(44)33-31-29-27-25-23-21-18-16-14-12-10-8-6-4-2/h5,7,10-13,16-19,22,24,38,42H,3-4,6,8-9,14-15,20-21,23,25-37H2,1-2H3,(H,41,43)(H,45,46)/b7-5-,12-10-,13-11-,18-16-,19-17-,24-22-. The van der Waals surface area contributed by atoms with Gasteiger partial charge in [0.1, 0.15) is 12.7 Å². The van der Waals surface area contributed by atoms with Crippen LogP contribution in [0.1, 0.15) is 136 Å². The molecule has 0 saturated carbocycles. The Labute approximate surface area is 303 Å². The number of unbranched alkanes of at least 4 members (excludes halogenated alkanes) is 9. The largest absolute Gasteiger partial charge is 0.472 e. The number of nitrogens with one attached hydrogen (secondary N) is 1. The quantitative estimate of drug-likeness (QED) is 0.0259. The molecule has 3 N–H and O–H groups in total. The van der Waals surface area contributed by atoms with Crippen molar-refractivity contribution in [2.75, 3.05) is 26.4 Å². The molecule has 0 aromatic heterocycles. The molecule has 0 aliphatic heterocycles. The highest BCUT2D eigenvalue weighted by atomic mass is 31.2. The Bertz CT molecular complexity index is 1050. The van der Waals surface area contributed by atoms with Crippen molar-refractivity contribution in [2.45, 2.75) is 142 Å². The molecule has 50 heavy (non-hydrogen) atoms. The summed E-state index contributed by atoms with van der Waals surface area (Å²) in [5, 5.41) is 12.6. The van der Waals surface area contributed by atoms with Gasteiger partial charge in [-0.25, -0.2) is 4.57 Å². The summed E-state index contributed by atoms with van der Waals surface area (Å²) in [6, 6.07) is 0. The summed E-state index contributed by atoms with van der Waals surface area (Å²) in [6.07, 6.45) is 42.6. The zero-order valence-corrected chi connectivity index (χ0v) is 32.0. The van der Waals surface area contributed by atoms with Gasteiger partial charge in [-0.2, -0.15) is 0 Å². The number of aliphatic hydroxyl groups excluding tert-OH is 1. The number of aliphatic hydroxyl groups is 1. The van der Waals surface area contributed by atoms with E-state index in [1.165, 1.54) is 12.8 Å². The molecule has 0 aromatic rings. The first-order valence-corrected chi connectivity index (χ1v) is 20.4. The fraction of sp³-hybridized carbons (Fsp3) is 0.650. The second-order valence-electron chi connectivity index (χ2n) is 12.2. The van der Waals surface area contributed by atoms with Gasteiger partial charge < -0.3 is 20.1 Å². The maximum Gasteiger partial charge on any atom is 0.472 e. The molecule has 0 rings (SSSR count). The van der Waals surface area contributed by atoms with E-state index in [4.69, 9.17) is 13.8 Å². The molecule has 0 aliphatic rings. The van der Waals surface area contributed by atoms with Gasteiger partial charge >= 0.3 is 13.8 Å². The van der Waals surface area contributed by atoms with Crippen LogP contribution in [0.2, 0.25) is 0 Å².